The molecule has 0 bridgehead atoms. The zero-order valence-corrected chi connectivity index (χ0v) is 17.0. The third-order valence-corrected chi connectivity index (χ3v) is 6.46. The Morgan fingerprint density at radius 1 is 1.03 bits per heavy atom. The van der Waals surface area contributed by atoms with E-state index in [1.165, 1.54) is 4.90 Å². The summed E-state index contributed by atoms with van der Waals surface area (Å²) in [6.07, 6.45) is 0. The van der Waals surface area contributed by atoms with Gasteiger partial charge in [-0.15, -0.1) is 0 Å². The van der Waals surface area contributed by atoms with Gasteiger partial charge in [-0.25, -0.2) is 4.90 Å². The van der Waals surface area contributed by atoms with Gasteiger partial charge in [0.1, 0.15) is 5.54 Å². The largest absolute Gasteiger partial charge is 0.306 e. The summed E-state index contributed by atoms with van der Waals surface area (Å²) in [7, 11) is 0. The average Bonchev–Trinajstić information content (AvgIpc) is 3.27. The average molecular weight is 401 g/mol. The van der Waals surface area contributed by atoms with Crippen molar-refractivity contribution in [2.24, 2.45) is 11.8 Å². The number of nitrogens with zero attached hydrogens (tertiary/aromatic N) is 2. The van der Waals surface area contributed by atoms with E-state index in [1.54, 1.807) is 29.2 Å². The molecule has 3 aliphatic rings. The second kappa shape index (κ2) is 6.37. The third kappa shape index (κ3) is 2.25. The monoisotopic (exact) mass is 401 g/mol. The van der Waals surface area contributed by atoms with Crippen LogP contribution in [0.15, 0.2) is 66.7 Å². The molecule has 3 amide bonds. The van der Waals surface area contributed by atoms with Crippen LogP contribution >= 0.6 is 0 Å². The number of anilines is 2. The van der Waals surface area contributed by atoms with Crippen LogP contribution in [0.3, 0.4) is 0 Å². The van der Waals surface area contributed by atoms with Crippen LogP contribution in [0.4, 0.5) is 11.4 Å². The molecule has 1 spiro atoms. The smallest absolute Gasteiger partial charge is 0.253 e. The van der Waals surface area contributed by atoms with E-state index in [-0.39, 0.29) is 23.8 Å². The van der Waals surface area contributed by atoms with E-state index in [0.29, 0.717) is 12.2 Å². The highest BCUT2D eigenvalue weighted by atomic mass is 16.2. The van der Waals surface area contributed by atoms with Crippen LogP contribution in [-0.2, 0) is 19.9 Å². The molecule has 2 fully saturated rings. The number of hydrogen-bond donors (Lipinski definition) is 1. The van der Waals surface area contributed by atoms with Crippen molar-refractivity contribution < 1.29 is 14.4 Å². The molecule has 30 heavy (non-hydrogen) atoms. The highest BCUT2D eigenvalue weighted by Crippen LogP contribution is 2.55. The Morgan fingerprint density at radius 2 is 1.70 bits per heavy atom. The van der Waals surface area contributed by atoms with Crippen molar-refractivity contribution in [1.82, 2.24) is 5.32 Å². The Bertz CT molecular complexity index is 1100. The molecule has 6 nitrogen and oxygen atoms in total. The number of rotatable bonds is 3. The topological polar surface area (TPSA) is 69.7 Å². The van der Waals surface area contributed by atoms with Crippen molar-refractivity contribution in [3.8, 4) is 0 Å². The number of hydrogen-bond acceptors (Lipinski definition) is 4. The molecule has 3 heterocycles. The maximum absolute atomic E-state index is 13.8. The van der Waals surface area contributed by atoms with Crippen molar-refractivity contribution in [3.05, 3.63) is 72.3 Å². The van der Waals surface area contributed by atoms with Gasteiger partial charge in [-0.3, -0.25) is 19.7 Å². The summed E-state index contributed by atoms with van der Waals surface area (Å²) in [5.41, 5.74) is 1.67. The van der Waals surface area contributed by atoms with E-state index in [9.17, 15) is 14.4 Å². The lowest BCUT2D eigenvalue weighted by Crippen LogP contribution is -2.55. The molecule has 2 aromatic carbocycles. The lowest BCUT2D eigenvalue weighted by Gasteiger charge is -2.30. The Balaban J connectivity index is 1.67. The van der Waals surface area contributed by atoms with E-state index in [0.717, 1.165) is 16.8 Å². The van der Waals surface area contributed by atoms with Crippen LogP contribution < -0.4 is 15.1 Å². The summed E-state index contributed by atoms with van der Waals surface area (Å²) >= 11 is 0. The molecular weight excluding hydrogens is 378 g/mol. The van der Waals surface area contributed by atoms with E-state index >= 15 is 0 Å². The fourth-order valence-corrected chi connectivity index (χ4v) is 5.37. The summed E-state index contributed by atoms with van der Waals surface area (Å²) < 4.78 is 0. The summed E-state index contributed by atoms with van der Waals surface area (Å²) in [4.78, 5) is 43.8. The van der Waals surface area contributed by atoms with Gasteiger partial charge in [0.15, 0.2) is 0 Å². The van der Waals surface area contributed by atoms with Gasteiger partial charge >= 0.3 is 0 Å². The Kier molecular flexibility index (Phi) is 3.98. The van der Waals surface area contributed by atoms with Crippen LogP contribution in [0.5, 0.6) is 0 Å². The quantitative estimate of drug-likeness (QED) is 0.634. The molecule has 0 saturated carbocycles. The molecule has 2 aromatic rings. The molecular formula is C24H23N3O3. The van der Waals surface area contributed by atoms with Gasteiger partial charge in [0.2, 0.25) is 11.8 Å². The van der Waals surface area contributed by atoms with Crippen LogP contribution in [0, 0.1) is 11.8 Å². The molecule has 5 rings (SSSR count). The summed E-state index contributed by atoms with van der Waals surface area (Å²) in [6.45, 7) is 8.08. The minimum absolute atomic E-state index is 0.192. The molecule has 4 atom stereocenters. The van der Waals surface area contributed by atoms with Gasteiger partial charge in [-0.2, -0.15) is 0 Å². The van der Waals surface area contributed by atoms with Gasteiger partial charge in [0, 0.05) is 23.8 Å². The first-order chi connectivity index (χ1) is 14.4. The first kappa shape index (κ1) is 18.8. The van der Waals surface area contributed by atoms with Crippen LogP contribution in [-0.4, -0.2) is 30.3 Å². The number of benzene rings is 2. The van der Waals surface area contributed by atoms with Crippen LogP contribution in [0.25, 0.3) is 0 Å². The second-order valence-electron chi connectivity index (χ2n) is 8.46. The predicted octanol–water partition coefficient (Wildman–Crippen LogP) is 2.60. The highest BCUT2D eigenvalue weighted by Gasteiger charge is 2.71. The summed E-state index contributed by atoms with van der Waals surface area (Å²) in [5.74, 6) is -2.16. The number of amides is 3. The van der Waals surface area contributed by atoms with Gasteiger partial charge in [0.05, 0.1) is 17.5 Å². The maximum Gasteiger partial charge on any atom is 0.253 e. The Labute approximate surface area is 175 Å². The molecule has 0 radical (unpaired) electrons. The minimum atomic E-state index is -1.24. The Morgan fingerprint density at radius 3 is 2.40 bits per heavy atom. The summed E-state index contributed by atoms with van der Waals surface area (Å²) in [6, 6.07) is 16.1. The first-order valence-corrected chi connectivity index (χ1v) is 10.1. The number of nitrogens with one attached hydrogen (secondary N) is 1. The molecule has 1 N–H and O–H groups in total. The number of fused-ring (bicyclic) bond motifs is 4. The fraction of sp³-hybridized carbons (Fsp3) is 0.292. The molecule has 0 unspecified atom stereocenters. The third-order valence-electron chi connectivity index (χ3n) is 6.46. The highest BCUT2D eigenvalue weighted by molar-refractivity contribution is 6.26. The zero-order valence-electron chi connectivity index (χ0n) is 17.0. The van der Waals surface area contributed by atoms with Gasteiger partial charge in [-0.05, 0) is 32.0 Å². The SMILES string of the molecule is C=C(C)CN1C(=O)[C@]2(N[C@@H](C)[C@@H]3C(=O)N(c4ccccc4)C(=O)[C@H]32)c2ccccc21. The van der Waals surface area contributed by atoms with Crippen molar-refractivity contribution in [1.29, 1.82) is 0 Å². The van der Waals surface area contributed by atoms with Gasteiger partial charge in [-0.1, -0.05) is 48.6 Å². The molecule has 3 aliphatic heterocycles. The number of carbonyl (C=O) groups excluding carboxylic acids is 3. The van der Waals surface area contributed by atoms with Crippen molar-refractivity contribution >= 4 is 29.1 Å². The fourth-order valence-electron chi connectivity index (χ4n) is 5.37. The molecule has 6 heteroatoms. The van der Waals surface area contributed by atoms with Crippen molar-refractivity contribution in [2.75, 3.05) is 16.3 Å². The van der Waals surface area contributed by atoms with Crippen LogP contribution in [0.1, 0.15) is 19.4 Å². The van der Waals surface area contributed by atoms with Gasteiger partial charge < -0.3 is 4.90 Å². The van der Waals surface area contributed by atoms with E-state index in [1.807, 2.05) is 44.2 Å². The molecule has 0 aromatic heterocycles. The normalized spacial score (nSPS) is 29.7. The number of para-hydroxylation sites is 2. The number of imide groups is 1. The van der Waals surface area contributed by atoms with E-state index in [2.05, 4.69) is 11.9 Å². The van der Waals surface area contributed by atoms with E-state index in [4.69, 9.17) is 0 Å². The van der Waals surface area contributed by atoms with E-state index < -0.39 is 17.4 Å². The maximum atomic E-state index is 13.8. The van der Waals surface area contributed by atoms with Crippen molar-refractivity contribution in [3.63, 3.8) is 0 Å². The molecule has 0 aliphatic carbocycles. The zero-order chi connectivity index (χ0) is 21.2. The number of carbonyl (C=O) groups is 3. The van der Waals surface area contributed by atoms with Crippen LogP contribution in [0.2, 0.25) is 0 Å². The lowest BCUT2D eigenvalue weighted by molar-refractivity contribution is -0.132. The lowest BCUT2D eigenvalue weighted by atomic mass is 9.76. The van der Waals surface area contributed by atoms with Crippen molar-refractivity contribution in [2.45, 2.75) is 25.4 Å². The molecule has 2 saturated heterocycles. The first-order valence-electron chi connectivity index (χ1n) is 10.1. The molecule has 152 valence electrons. The predicted molar refractivity (Wildman–Crippen MR) is 114 cm³/mol. The van der Waals surface area contributed by atoms with Gasteiger partial charge in [0.25, 0.3) is 5.91 Å². The minimum Gasteiger partial charge on any atom is -0.306 e. The Hall–Kier alpha value is -3.25. The summed E-state index contributed by atoms with van der Waals surface area (Å²) in [5, 5.41) is 3.38. The second-order valence-corrected chi connectivity index (χ2v) is 8.46. The standard InChI is InChI=1S/C24H23N3O3/c1-14(2)13-26-18-12-8-7-11-17(18)24(23(26)30)20-19(15(3)25-24)21(28)27(22(20)29)16-9-5-4-6-10-16/h4-12,15,19-20,25H,1,13H2,2-3H3/t15-,19-,20-,24-/m0/s1.